The molecule has 0 radical (unpaired) electrons. The predicted molar refractivity (Wildman–Crippen MR) is 76.0 cm³/mol. The number of thiazole rings is 1. The van der Waals surface area contributed by atoms with E-state index in [0.29, 0.717) is 16.3 Å². The van der Waals surface area contributed by atoms with Gasteiger partial charge in [0.15, 0.2) is 22.1 Å². The number of rotatable bonds is 3. The van der Waals surface area contributed by atoms with Crippen molar-refractivity contribution in [1.82, 2.24) is 4.98 Å². The van der Waals surface area contributed by atoms with Crippen LogP contribution in [0.25, 0.3) is 11.0 Å². The van der Waals surface area contributed by atoms with E-state index < -0.39 is 0 Å². The molecule has 0 aliphatic rings. The van der Waals surface area contributed by atoms with Gasteiger partial charge in [-0.2, -0.15) is 0 Å². The first-order valence-electron chi connectivity index (χ1n) is 5.41. The molecule has 4 nitrogen and oxygen atoms in total. The maximum atomic E-state index is 12.2. The van der Waals surface area contributed by atoms with Gasteiger partial charge in [0.25, 0.3) is 5.78 Å². The fourth-order valence-corrected chi connectivity index (χ4v) is 2.79. The number of fused-ring (bicyclic) bond motifs is 1. The van der Waals surface area contributed by atoms with Gasteiger partial charge in [0.05, 0.1) is 7.11 Å². The van der Waals surface area contributed by atoms with Gasteiger partial charge in [0.1, 0.15) is 0 Å². The second kappa shape index (κ2) is 4.79. The highest BCUT2D eigenvalue weighted by Gasteiger charge is 2.19. The summed E-state index contributed by atoms with van der Waals surface area (Å²) < 4.78 is 11.7. The summed E-state index contributed by atoms with van der Waals surface area (Å²) in [6.07, 6.45) is 1.59. The maximum absolute atomic E-state index is 12.2. The molecule has 0 N–H and O–H groups in total. The number of ether oxygens (including phenoxy) is 1. The summed E-state index contributed by atoms with van der Waals surface area (Å²) >= 11 is 4.72. The fraction of sp³-hybridized carbons (Fsp3) is 0.0769. The molecule has 6 heteroatoms. The van der Waals surface area contributed by atoms with Crippen molar-refractivity contribution in [2.24, 2.45) is 0 Å². The Hall–Kier alpha value is -1.66. The van der Waals surface area contributed by atoms with Gasteiger partial charge in [-0.15, -0.1) is 11.3 Å². The monoisotopic (exact) mass is 337 g/mol. The normalized spacial score (nSPS) is 10.8. The molecule has 0 bridgehead atoms. The summed E-state index contributed by atoms with van der Waals surface area (Å²) in [7, 11) is 1.56. The lowest BCUT2D eigenvalue weighted by Crippen LogP contribution is -1.97. The third-order valence-corrected chi connectivity index (χ3v) is 4.13. The second-order valence-corrected chi connectivity index (χ2v) is 5.52. The molecule has 0 aliphatic heterocycles. The molecule has 3 rings (SSSR count). The van der Waals surface area contributed by atoms with Crippen LogP contribution in [-0.2, 0) is 0 Å². The lowest BCUT2D eigenvalue weighted by atomic mass is 10.2. The zero-order chi connectivity index (χ0) is 13.4. The van der Waals surface area contributed by atoms with E-state index in [0.717, 1.165) is 9.86 Å². The highest BCUT2D eigenvalue weighted by atomic mass is 79.9. The molecule has 3 aromatic rings. The van der Waals surface area contributed by atoms with Crippen molar-refractivity contribution in [3.05, 3.63) is 45.0 Å². The zero-order valence-electron chi connectivity index (χ0n) is 9.84. The predicted octanol–water partition coefficient (Wildman–Crippen LogP) is 3.89. The number of nitrogens with zero attached hydrogens (tertiary/aromatic N) is 1. The quantitative estimate of drug-likeness (QED) is 0.680. The molecule has 0 aliphatic carbocycles. The summed E-state index contributed by atoms with van der Waals surface area (Å²) in [4.78, 5) is 16.2. The molecular formula is C13H8BrNO3S. The van der Waals surface area contributed by atoms with Crippen LogP contribution in [0.3, 0.4) is 0 Å². The number of methoxy groups -OCH3 is 1. The number of aromatic nitrogens is 1. The van der Waals surface area contributed by atoms with E-state index in [1.165, 1.54) is 11.3 Å². The molecule has 0 unspecified atom stereocenters. The van der Waals surface area contributed by atoms with Gasteiger partial charge in [-0.25, -0.2) is 4.98 Å². The molecule has 0 spiro atoms. The molecule has 0 atom stereocenters. The number of furan rings is 1. The number of halogens is 1. The molecule has 0 saturated heterocycles. The van der Waals surface area contributed by atoms with Crippen LogP contribution >= 0.6 is 27.3 Å². The molecule has 1 aromatic carbocycles. The number of benzene rings is 1. The van der Waals surface area contributed by atoms with Crippen LogP contribution in [0.2, 0.25) is 0 Å². The zero-order valence-corrected chi connectivity index (χ0v) is 12.2. The summed E-state index contributed by atoms with van der Waals surface area (Å²) in [6.45, 7) is 0. The van der Waals surface area contributed by atoms with Crippen LogP contribution in [0.1, 0.15) is 15.6 Å². The van der Waals surface area contributed by atoms with Crippen molar-refractivity contribution in [2.75, 3.05) is 7.11 Å². The van der Waals surface area contributed by atoms with Crippen molar-refractivity contribution in [3.63, 3.8) is 0 Å². The number of hydrogen-bond donors (Lipinski definition) is 0. The Morgan fingerprint density at radius 3 is 3.00 bits per heavy atom. The van der Waals surface area contributed by atoms with Crippen LogP contribution in [0, 0.1) is 0 Å². The average Bonchev–Trinajstić information content (AvgIpc) is 3.08. The van der Waals surface area contributed by atoms with Gasteiger partial charge in [0, 0.05) is 21.4 Å². The van der Waals surface area contributed by atoms with Crippen molar-refractivity contribution in [1.29, 1.82) is 0 Å². The lowest BCUT2D eigenvalue weighted by Gasteiger charge is -2.00. The minimum Gasteiger partial charge on any atom is -0.493 e. The van der Waals surface area contributed by atoms with Crippen LogP contribution in [0.5, 0.6) is 5.75 Å². The van der Waals surface area contributed by atoms with Crippen LogP contribution in [0.4, 0.5) is 0 Å². The number of hydrogen-bond acceptors (Lipinski definition) is 5. The maximum Gasteiger partial charge on any atom is 0.256 e. The third kappa shape index (κ3) is 2.06. The van der Waals surface area contributed by atoms with Crippen molar-refractivity contribution < 1.29 is 13.9 Å². The number of carbonyl (C=O) groups is 1. The molecule has 19 heavy (non-hydrogen) atoms. The van der Waals surface area contributed by atoms with E-state index >= 15 is 0 Å². The van der Waals surface area contributed by atoms with Gasteiger partial charge in [-0.3, -0.25) is 4.79 Å². The topological polar surface area (TPSA) is 52.3 Å². The fourth-order valence-electron chi connectivity index (χ4n) is 1.78. The smallest absolute Gasteiger partial charge is 0.256 e. The standard InChI is InChI=1S/C13H8BrNO3S/c1-17-9-3-2-8(14)7-6-10(18-12(7)9)11(16)13-15-4-5-19-13/h2-6H,1H3. The summed E-state index contributed by atoms with van der Waals surface area (Å²) in [5.74, 6) is 0.631. The highest BCUT2D eigenvalue weighted by molar-refractivity contribution is 9.10. The molecule has 0 amide bonds. The van der Waals surface area contributed by atoms with E-state index in [2.05, 4.69) is 20.9 Å². The Kier molecular flexibility index (Phi) is 3.12. The second-order valence-electron chi connectivity index (χ2n) is 3.77. The van der Waals surface area contributed by atoms with E-state index in [9.17, 15) is 4.79 Å². The van der Waals surface area contributed by atoms with Gasteiger partial charge in [0.2, 0.25) is 0 Å². The number of carbonyl (C=O) groups excluding carboxylic acids is 1. The SMILES string of the molecule is COc1ccc(Br)c2cc(C(=O)c3nccs3)oc12. The average molecular weight is 338 g/mol. The Labute approximate surface area is 121 Å². The minimum atomic E-state index is -0.222. The van der Waals surface area contributed by atoms with Gasteiger partial charge >= 0.3 is 0 Å². The van der Waals surface area contributed by atoms with Crippen LogP contribution in [0.15, 0.2) is 38.7 Å². The summed E-state index contributed by atoms with van der Waals surface area (Å²) in [6, 6.07) is 5.34. The Morgan fingerprint density at radius 2 is 2.32 bits per heavy atom. The summed E-state index contributed by atoms with van der Waals surface area (Å²) in [5, 5.41) is 2.97. The van der Waals surface area contributed by atoms with Crippen molar-refractivity contribution in [2.45, 2.75) is 0 Å². The molecular weight excluding hydrogens is 330 g/mol. The van der Waals surface area contributed by atoms with Gasteiger partial charge in [-0.1, -0.05) is 15.9 Å². The lowest BCUT2D eigenvalue weighted by molar-refractivity contribution is 0.101. The van der Waals surface area contributed by atoms with Crippen LogP contribution in [-0.4, -0.2) is 17.9 Å². The molecule has 0 saturated carbocycles. The van der Waals surface area contributed by atoms with Crippen molar-refractivity contribution in [3.8, 4) is 5.75 Å². The molecule has 2 aromatic heterocycles. The molecule has 2 heterocycles. The largest absolute Gasteiger partial charge is 0.493 e. The Morgan fingerprint density at radius 1 is 1.47 bits per heavy atom. The Bertz CT molecular complexity index is 749. The number of ketones is 1. The van der Waals surface area contributed by atoms with E-state index in [1.807, 2.05) is 6.07 Å². The molecule has 0 fully saturated rings. The van der Waals surface area contributed by atoms with Gasteiger partial charge in [-0.05, 0) is 18.2 Å². The van der Waals surface area contributed by atoms with Crippen molar-refractivity contribution >= 4 is 44.0 Å². The minimum absolute atomic E-state index is 0.222. The molecule has 96 valence electrons. The van der Waals surface area contributed by atoms with E-state index in [-0.39, 0.29) is 11.5 Å². The first kappa shape index (κ1) is 12.4. The first-order valence-corrected chi connectivity index (χ1v) is 7.08. The first-order chi connectivity index (χ1) is 9.20. The van der Waals surface area contributed by atoms with Crippen LogP contribution < -0.4 is 4.74 Å². The highest BCUT2D eigenvalue weighted by Crippen LogP contribution is 2.34. The third-order valence-electron chi connectivity index (χ3n) is 2.66. The van der Waals surface area contributed by atoms with E-state index in [4.69, 9.17) is 9.15 Å². The summed E-state index contributed by atoms with van der Waals surface area (Å²) in [5.41, 5.74) is 0.553. The Balaban J connectivity index is 2.16. The van der Waals surface area contributed by atoms with E-state index in [1.54, 1.807) is 30.8 Å². The van der Waals surface area contributed by atoms with Gasteiger partial charge < -0.3 is 9.15 Å².